The average Bonchev–Trinajstić information content (AvgIpc) is 2.71. The summed E-state index contributed by atoms with van der Waals surface area (Å²) in [6, 6.07) is 1.36. The molecule has 8 nitrogen and oxygen atoms in total. The molecular weight excluding hydrogens is 278 g/mol. The Bertz CT molecular complexity index is 787. The number of carboxylic acids is 1. The lowest BCUT2D eigenvalue weighted by atomic mass is 10.1. The van der Waals surface area contributed by atoms with Gasteiger partial charge in [0.25, 0.3) is 5.56 Å². The lowest BCUT2D eigenvalue weighted by molar-refractivity contribution is -0.141. The molecular formula is C13H15N3O5. The minimum atomic E-state index is -1.15. The summed E-state index contributed by atoms with van der Waals surface area (Å²) in [6.45, 7) is 2.79. The Hall–Kier alpha value is -2.64. The monoisotopic (exact) mass is 293 g/mol. The van der Waals surface area contributed by atoms with Crippen molar-refractivity contribution in [2.75, 3.05) is 7.11 Å². The zero-order valence-corrected chi connectivity index (χ0v) is 11.9. The molecule has 0 aliphatic heterocycles. The third-order valence-electron chi connectivity index (χ3n) is 3.16. The van der Waals surface area contributed by atoms with Crippen LogP contribution >= 0.6 is 0 Å². The first-order valence-corrected chi connectivity index (χ1v) is 6.21. The van der Waals surface area contributed by atoms with Crippen molar-refractivity contribution in [3.05, 3.63) is 27.7 Å². The molecule has 1 N–H and O–H groups in total. The molecule has 2 heterocycles. The summed E-state index contributed by atoms with van der Waals surface area (Å²) < 4.78 is 6.98. The highest BCUT2D eigenvalue weighted by Gasteiger charge is 2.18. The van der Waals surface area contributed by atoms with Crippen LogP contribution in [0.25, 0.3) is 11.0 Å². The number of carbonyl (C=O) groups is 2. The van der Waals surface area contributed by atoms with Gasteiger partial charge in [-0.15, -0.1) is 0 Å². The molecule has 0 amide bonds. The number of aryl methyl sites for hydroxylation is 2. The molecule has 0 unspecified atom stereocenters. The number of pyridine rings is 1. The zero-order chi connectivity index (χ0) is 15.7. The number of aliphatic carboxylic acids is 1. The highest BCUT2D eigenvalue weighted by atomic mass is 16.5. The predicted molar refractivity (Wildman–Crippen MR) is 73.1 cm³/mol. The Morgan fingerprint density at radius 1 is 1.33 bits per heavy atom. The highest BCUT2D eigenvalue weighted by molar-refractivity contribution is 5.84. The van der Waals surface area contributed by atoms with Crippen LogP contribution in [0, 0.1) is 13.8 Å². The van der Waals surface area contributed by atoms with Crippen molar-refractivity contribution in [3.8, 4) is 0 Å². The van der Waals surface area contributed by atoms with Gasteiger partial charge < -0.3 is 9.84 Å². The van der Waals surface area contributed by atoms with Crippen LogP contribution in [0.5, 0.6) is 0 Å². The number of methoxy groups -OCH3 is 1. The van der Waals surface area contributed by atoms with E-state index in [0.29, 0.717) is 22.3 Å². The topological polar surface area (TPSA) is 103 Å². The Morgan fingerprint density at radius 2 is 2.00 bits per heavy atom. The zero-order valence-electron chi connectivity index (χ0n) is 11.9. The number of carbonyl (C=O) groups excluding carboxylic acids is 1. The molecule has 0 saturated heterocycles. The molecule has 21 heavy (non-hydrogen) atoms. The summed E-state index contributed by atoms with van der Waals surface area (Å²) in [5, 5.41) is 13.8. The largest absolute Gasteiger partial charge is 0.480 e. The van der Waals surface area contributed by atoms with Gasteiger partial charge in [0.1, 0.15) is 18.7 Å². The van der Waals surface area contributed by atoms with E-state index < -0.39 is 24.0 Å². The second-order valence-corrected chi connectivity index (χ2v) is 4.66. The van der Waals surface area contributed by atoms with E-state index in [1.54, 1.807) is 13.8 Å². The van der Waals surface area contributed by atoms with Crippen molar-refractivity contribution in [2.24, 2.45) is 0 Å². The first kappa shape index (κ1) is 14.8. The average molecular weight is 293 g/mol. The Kier molecular flexibility index (Phi) is 3.79. The molecule has 0 saturated carbocycles. The van der Waals surface area contributed by atoms with E-state index in [2.05, 4.69) is 9.84 Å². The number of ether oxygens (including phenoxy) is 1. The quantitative estimate of drug-likeness (QED) is 0.800. The van der Waals surface area contributed by atoms with Crippen LogP contribution in [0.1, 0.15) is 11.3 Å². The summed E-state index contributed by atoms with van der Waals surface area (Å²) >= 11 is 0. The van der Waals surface area contributed by atoms with Gasteiger partial charge >= 0.3 is 11.9 Å². The van der Waals surface area contributed by atoms with Gasteiger partial charge in [-0.05, 0) is 19.4 Å². The number of esters is 1. The van der Waals surface area contributed by atoms with Gasteiger partial charge in [-0.1, -0.05) is 0 Å². The highest BCUT2D eigenvalue weighted by Crippen LogP contribution is 2.20. The summed E-state index contributed by atoms with van der Waals surface area (Å²) in [7, 11) is 1.25. The van der Waals surface area contributed by atoms with Crippen LogP contribution in [-0.4, -0.2) is 38.5 Å². The normalized spacial score (nSPS) is 10.8. The van der Waals surface area contributed by atoms with Gasteiger partial charge in [0, 0.05) is 11.5 Å². The number of hydrogen-bond acceptors (Lipinski definition) is 5. The van der Waals surface area contributed by atoms with Crippen LogP contribution in [0.4, 0.5) is 0 Å². The van der Waals surface area contributed by atoms with E-state index >= 15 is 0 Å². The van der Waals surface area contributed by atoms with Crippen LogP contribution in [0.3, 0.4) is 0 Å². The smallest absolute Gasteiger partial charge is 0.327 e. The maximum Gasteiger partial charge on any atom is 0.327 e. The van der Waals surface area contributed by atoms with Crippen molar-refractivity contribution in [1.82, 2.24) is 14.3 Å². The lowest BCUT2D eigenvalue weighted by Crippen LogP contribution is -2.26. The van der Waals surface area contributed by atoms with Gasteiger partial charge in [0.15, 0.2) is 0 Å². The van der Waals surface area contributed by atoms with Gasteiger partial charge in [-0.3, -0.25) is 19.0 Å². The molecule has 0 aromatic carbocycles. The summed E-state index contributed by atoms with van der Waals surface area (Å²) in [5.41, 5.74) is 1.16. The molecule has 0 radical (unpaired) electrons. The van der Waals surface area contributed by atoms with Crippen molar-refractivity contribution in [3.63, 3.8) is 0 Å². The molecule has 112 valence electrons. The molecule has 2 aromatic heterocycles. The predicted octanol–water partition coefficient (Wildman–Crippen LogP) is 0.0724. The fraction of sp³-hybridized carbons (Fsp3) is 0.385. The molecule has 0 spiro atoms. The molecule has 0 fully saturated rings. The first-order valence-electron chi connectivity index (χ1n) is 6.21. The molecule has 2 aromatic rings. The SMILES string of the molecule is COC(=O)Cn1nc(C)c2c(C)cc(=O)n(CC(=O)O)c21. The van der Waals surface area contributed by atoms with Gasteiger partial charge in [0.05, 0.1) is 12.8 Å². The Labute approximate surface area is 119 Å². The van der Waals surface area contributed by atoms with Crippen LogP contribution in [-0.2, 0) is 27.4 Å². The van der Waals surface area contributed by atoms with Crippen molar-refractivity contribution in [2.45, 2.75) is 26.9 Å². The van der Waals surface area contributed by atoms with E-state index in [1.165, 1.54) is 17.9 Å². The van der Waals surface area contributed by atoms with Crippen molar-refractivity contribution in [1.29, 1.82) is 0 Å². The van der Waals surface area contributed by atoms with E-state index in [1.807, 2.05) is 0 Å². The summed E-state index contributed by atoms with van der Waals surface area (Å²) in [4.78, 5) is 34.5. The maximum absolute atomic E-state index is 12.0. The second-order valence-electron chi connectivity index (χ2n) is 4.66. The fourth-order valence-corrected chi connectivity index (χ4v) is 2.33. The standard InChI is InChI=1S/C13H15N3O5/c1-7-4-9(17)15(5-10(18)19)13-12(7)8(2)14-16(13)6-11(20)21-3/h4H,5-6H2,1-3H3,(H,18,19). The Morgan fingerprint density at radius 3 is 2.57 bits per heavy atom. The number of aromatic nitrogens is 3. The minimum absolute atomic E-state index is 0.191. The lowest BCUT2D eigenvalue weighted by Gasteiger charge is -2.09. The maximum atomic E-state index is 12.0. The first-order chi connectivity index (χ1) is 9.85. The van der Waals surface area contributed by atoms with Gasteiger partial charge in [-0.2, -0.15) is 5.10 Å². The molecule has 2 rings (SSSR count). The molecule has 8 heteroatoms. The van der Waals surface area contributed by atoms with E-state index in [-0.39, 0.29) is 6.54 Å². The summed E-state index contributed by atoms with van der Waals surface area (Å²) in [6.07, 6.45) is 0. The Balaban J connectivity index is 2.78. The van der Waals surface area contributed by atoms with E-state index in [0.717, 1.165) is 4.57 Å². The molecule has 0 aliphatic rings. The molecule has 0 aliphatic carbocycles. The van der Waals surface area contributed by atoms with Crippen LogP contribution in [0.2, 0.25) is 0 Å². The van der Waals surface area contributed by atoms with Crippen LogP contribution in [0.15, 0.2) is 10.9 Å². The number of carboxylic acid groups (broad SMARTS) is 1. The minimum Gasteiger partial charge on any atom is -0.480 e. The van der Waals surface area contributed by atoms with Gasteiger partial charge in [-0.25, -0.2) is 4.68 Å². The number of hydrogen-bond donors (Lipinski definition) is 1. The van der Waals surface area contributed by atoms with Gasteiger partial charge in [0.2, 0.25) is 0 Å². The number of rotatable bonds is 4. The third-order valence-corrected chi connectivity index (χ3v) is 3.16. The van der Waals surface area contributed by atoms with E-state index in [4.69, 9.17) is 5.11 Å². The summed E-state index contributed by atoms with van der Waals surface area (Å²) in [5.74, 6) is -1.68. The second kappa shape index (κ2) is 5.39. The molecule has 0 bridgehead atoms. The van der Waals surface area contributed by atoms with E-state index in [9.17, 15) is 14.4 Å². The van der Waals surface area contributed by atoms with Crippen molar-refractivity contribution < 1.29 is 19.4 Å². The van der Waals surface area contributed by atoms with Crippen molar-refractivity contribution >= 4 is 23.0 Å². The number of fused-ring (bicyclic) bond motifs is 1. The number of nitrogens with zero attached hydrogens (tertiary/aromatic N) is 3. The van der Waals surface area contributed by atoms with Crippen LogP contribution < -0.4 is 5.56 Å². The molecule has 0 atom stereocenters. The third kappa shape index (κ3) is 2.64. The fourth-order valence-electron chi connectivity index (χ4n) is 2.33.